The summed E-state index contributed by atoms with van der Waals surface area (Å²) in [6.07, 6.45) is 6.24. The van der Waals surface area contributed by atoms with Gasteiger partial charge in [-0.1, -0.05) is 32.9 Å². The summed E-state index contributed by atoms with van der Waals surface area (Å²) in [5.41, 5.74) is -0.251. The van der Waals surface area contributed by atoms with Gasteiger partial charge in [0, 0.05) is 0 Å². The molecule has 6 unspecified atom stereocenters. The van der Waals surface area contributed by atoms with Crippen LogP contribution in [0.1, 0.15) is 40.5 Å². The first-order chi connectivity index (χ1) is 8.76. The minimum Gasteiger partial charge on any atom is -0.479 e. The smallest absolute Gasteiger partial charge is 0.336 e. The Bertz CT molecular complexity index is 439. The van der Waals surface area contributed by atoms with Crippen molar-refractivity contribution in [2.75, 3.05) is 0 Å². The van der Waals surface area contributed by atoms with E-state index < -0.39 is 17.7 Å². The summed E-state index contributed by atoms with van der Waals surface area (Å²) in [5, 5.41) is 8.97. The molecule has 1 heterocycles. The summed E-state index contributed by atoms with van der Waals surface area (Å²) in [5.74, 6) is 2.24. The number of hydrogen-bond acceptors (Lipinski definition) is 2. The zero-order valence-corrected chi connectivity index (χ0v) is 12.2. The van der Waals surface area contributed by atoms with Crippen LogP contribution in [0.4, 0.5) is 0 Å². The monoisotopic (exact) mass is 264 g/mol. The van der Waals surface area contributed by atoms with Crippen LogP contribution in [0.3, 0.4) is 0 Å². The Morgan fingerprint density at radius 2 is 2.05 bits per heavy atom. The van der Waals surface area contributed by atoms with E-state index in [1.54, 1.807) is 0 Å². The zero-order valence-electron chi connectivity index (χ0n) is 12.2. The molecular formula is C16H24O3. The van der Waals surface area contributed by atoms with Gasteiger partial charge in [0.05, 0.1) is 0 Å². The van der Waals surface area contributed by atoms with Crippen LogP contribution in [-0.2, 0) is 9.53 Å². The van der Waals surface area contributed by atoms with Crippen LogP contribution in [-0.4, -0.2) is 22.8 Å². The van der Waals surface area contributed by atoms with Crippen molar-refractivity contribution in [2.45, 2.75) is 52.2 Å². The molecule has 2 aliphatic carbocycles. The number of ether oxygens (including phenoxy) is 1. The lowest BCUT2D eigenvalue weighted by Crippen LogP contribution is -2.29. The molecule has 19 heavy (non-hydrogen) atoms. The van der Waals surface area contributed by atoms with Crippen molar-refractivity contribution in [3.63, 3.8) is 0 Å². The van der Waals surface area contributed by atoms with Gasteiger partial charge in [-0.2, -0.15) is 0 Å². The number of carboxylic acids is 1. The maximum absolute atomic E-state index is 10.9. The molecule has 0 spiro atoms. The van der Waals surface area contributed by atoms with Crippen LogP contribution in [0.5, 0.6) is 0 Å². The Balaban J connectivity index is 1.73. The molecule has 0 aromatic heterocycles. The van der Waals surface area contributed by atoms with Crippen molar-refractivity contribution < 1.29 is 14.6 Å². The molecule has 0 aromatic carbocycles. The molecule has 2 saturated carbocycles. The summed E-state index contributed by atoms with van der Waals surface area (Å²) < 4.78 is 5.31. The Morgan fingerprint density at radius 1 is 1.37 bits per heavy atom. The summed E-state index contributed by atoms with van der Waals surface area (Å²) in [4.78, 5) is 10.9. The highest BCUT2D eigenvalue weighted by molar-refractivity contribution is 5.77. The largest absolute Gasteiger partial charge is 0.479 e. The molecule has 106 valence electrons. The Hall–Kier alpha value is -0.830. The molecule has 3 fully saturated rings. The molecular weight excluding hydrogens is 240 g/mol. The fourth-order valence-corrected chi connectivity index (χ4v) is 4.18. The van der Waals surface area contributed by atoms with E-state index in [1.165, 1.54) is 12.8 Å². The van der Waals surface area contributed by atoms with Crippen LogP contribution in [0.25, 0.3) is 0 Å². The van der Waals surface area contributed by atoms with Gasteiger partial charge in [0.25, 0.3) is 0 Å². The summed E-state index contributed by atoms with van der Waals surface area (Å²) >= 11 is 0. The van der Waals surface area contributed by atoms with Crippen molar-refractivity contribution in [3.8, 4) is 0 Å². The van der Waals surface area contributed by atoms with Crippen LogP contribution in [0, 0.1) is 29.1 Å². The lowest BCUT2D eigenvalue weighted by atomic mass is 9.68. The Kier molecular flexibility index (Phi) is 2.66. The van der Waals surface area contributed by atoms with Crippen LogP contribution in [0.15, 0.2) is 12.2 Å². The predicted molar refractivity (Wildman–Crippen MR) is 72.7 cm³/mol. The third-order valence-corrected chi connectivity index (χ3v) is 5.77. The number of hydrogen-bond donors (Lipinski definition) is 1. The van der Waals surface area contributed by atoms with E-state index in [2.05, 4.69) is 26.8 Å². The summed E-state index contributed by atoms with van der Waals surface area (Å²) in [6.45, 7) is 8.90. The second kappa shape index (κ2) is 3.85. The van der Waals surface area contributed by atoms with Gasteiger partial charge in [0.15, 0.2) is 6.10 Å². The maximum atomic E-state index is 10.9. The lowest BCUT2D eigenvalue weighted by molar-refractivity contribution is -0.138. The molecule has 6 atom stereocenters. The quantitative estimate of drug-likeness (QED) is 0.629. The van der Waals surface area contributed by atoms with Crippen LogP contribution < -0.4 is 0 Å². The number of rotatable bonds is 3. The van der Waals surface area contributed by atoms with Crippen LogP contribution in [0.2, 0.25) is 0 Å². The average Bonchev–Trinajstić information content (AvgIpc) is 3.15. The van der Waals surface area contributed by atoms with Gasteiger partial charge in [0.1, 0.15) is 5.60 Å². The second-order valence-electron chi connectivity index (χ2n) is 7.53. The lowest BCUT2D eigenvalue weighted by Gasteiger charge is -2.37. The van der Waals surface area contributed by atoms with Gasteiger partial charge in [0.2, 0.25) is 0 Å². The number of epoxide rings is 1. The Labute approximate surface area is 115 Å². The molecule has 3 aliphatic rings. The summed E-state index contributed by atoms with van der Waals surface area (Å²) in [7, 11) is 0. The van der Waals surface area contributed by atoms with E-state index >= 15 is 0 Å². The average molecular weight is 264 g/mol. The molecule has 3 rings (SSSR count). The van der Waals surface area contributed by atoms with E-state index in [1.807, 2.05) is 13.0 Å². The van der Waals surface area contributed by atoms with E-state index in [0.29, 0.717) is 11.3 Å². The van der Waals surface area contributed by atoms with Crippen molar-refractivity contribution in [3.05, 3.63) is 12.2 Å². The molecule has 1 aliphatic heterocycles. The molecule has 0 aromatic rings. The zero-order chi connectivity index (χ0) is 14.0. The van der Waals surface area contributed by atoms with Crippen molar-refractivity contribution >= 4 is 5.97 Å². The highest BCUT2D eigenvalue weighted by Crippen LogP contribution is 2.63. The van der Waals surface area contributed by atoms with Gasteiger partial charge in [-0.25, -0.2) is 4.79 Å². The predicted octanol–water partition coefficient (Wildman–Crippen LogP) is 3.10. The normalized spacial score (nSPS) is 50.8. The highest BCUT2D eigenvalue weighted by Gasteiger charge is 2.59. The van der Waals surface area contributed by atoms with Gasteiger partial charge < -0.3 is 9.84 Å². The van der Waals surface area contributed by atoms with E-state index in [9.17, 15) is 4.79 Å². The topological polar surface area (TPSA) is 49.8 Å². The number of carbonyl (C=O) groups is 1. The highest BCUT2D eigenvalue weighted by atomic mass is 16.6. The number of aliphatic carboxylic acids is 1. The minimum absolute atomic E-state index is 0.326. The van der Waals surface area contributed by atoms with Gasteiger partial charge in [-0.3, -0.25) is 0 Å². The molecule has 3 nitrogen and oxygen atoms in total. The SMILES string of the molecule is CC1C2CCC(C)(C)C(/C=C/C3(C)OC3C(=O)O)C12. The van der Waals surface area contributed by atoms with Crippen LogP contribution >= 0.6 is 0 Å². The fraction of sp³-hybridized carbons (Fsp3) is 0.812. The number of fused-ring (bicyclic) bond motifs is 1. The second-order valence-corrected chi connectivity index (χ2v) is 7.53. The van der Waals surface area contributed by atoms with Crippen molar-refractivity contribution in [1.82, 2.24) is 0 Å². The fourth-order valence-electron chi connectivity index (χ4n) is 4.18. The Morgan fingerprint density at radius 3 is 2.63 bits per heavy atom. The molecule has 0 amide bonds. The molecule has 3 heteroatoms. The first kappa shape index (κ1) is 13.2. The molecule has 1 N–H and O–H groups in total. The third kappa shape index (κ3) is 2.03. The molecule has 0 radical (unpaired) electrons. The van der Waals surface area contributed by atoms with E-state index in [0.717, 1.165) is 17.8 Å². The molecule has 0 bridgehead atoms. The maximum Gasteiger partial charge on any atom is 0.336 e. The standard InChI is InChI=1S/C16H24O3/c1-9-10-5-7-15(2,3)11(12(9)10)6-8-16(4)13(19-16)14(17)18/h6,8-13H,5,7H2,1-4H3,(H,17,18)/b8-6+. The van der Waals surface area contributed by atoms with E-state index in [4.69, 9.17) is 9.84 Å². The minimum atomic E-state index is -0.854. The van der Waals surface area contributed by atoms with Gasteiger partial charge >= 0.3 is 5.97 Å². The van der Waals surface area contributed by atoms with E-state index in [-0.39, 0.29) is 0 Å². The number of carboxylic acid groups (broad SMARTS) is 1. The summed E-state index contributed by atoms with van der Waals surface area (Å²) in [6, 6.07) is 0. The van der Waals surface area contributed by atoms with Gasteiger partial charge in [-0.15, -0.1) is 0 Å². The third-order valence-electron chi connectivity index (χ3n) is 5.77. The van der Waals surface area contributed by atoms with Crippen molar-refractivity contribution in [1.29, 1.82) is 0 Å². The number of allylic oxidation sites excluding steroid dienone is 1. The first-order valence-electron chi connectivity index (χ1n) is 7.36. The first-order valence-corrected chi connectivity index (χ1v) is 7.36. The molecule has 1 saturated heterocycles. The van der Waals surface area contributed by atoms with Crippen molar-refractivity contribution in [2.24, 2.45) is 29.1 Å². The van der Waals surface area contributed by atoms with Gasteiger partial charge in [-0.05, 0) is 48.9 Å².